The highest BCUT2D eigenvalue weighted by atomic mass is 35.5. The van der Waals surface area contributed by atoms with E-state index >= 15 is 0 Å². The van der Waals surface area contributed by atoms with Gasteiger partial charge in [0.15, 0.2) is 0 Å². The van der Waals surface area contributed by atoms with Crippen LogP contribution in [0.3, 0.4) is 0 Å². The van der Waals surface area contributed by atoms with Crippen LogP contribution in [-0.4, -0.2) is 47.9 Å². The Labute approximate surface area is 149 Å². The zero-order valence-electron chi connectivity index (χ0n) is 14.0. The zero-order chi connectivity index (χ0) is 17.0. The third-order valence-corrected chi connectivity index (χ3v) is 4.08. The van der Waals surface area contributed by atoms with Gasteiger partial charge in [0.05, 0.1) is 0 Å². The fraction of sp³-hybridized carbons (Fsp3) is 0.556. The first-order valence-electron chi connectivity index (χ1n) is 8.55. The van der Waals surface area contributed by atoms with Crippen LogP contribution in [0.2, 0.25) is 0 Å². The van der Waals surface area contributed by atoms with Crippen molar-refractivity contribution < 1.29 is 9.53 Å². The predicted molar refractivity (Wildman–Crippen MR) is 96.3 cm³/mol. The minimum atomic E-state index is -0.0392. The lowest BCUT2D eigenvalue weighted by molar-refractivity contribution is -0.120. The van der Waals surface area contributed by atoms with Crippen molar-refractivity contribution in [3.8, 4) is 5.88 Å². The number of likely N-dealkylation sites (tertiary alicyclic amines) is 1. The maximum absolute atomic E-state index is 11.2. The Morgan fingerprint density at radius 2 is 2.17 bits per heavy atom. The van der Waals surface area contributed by atoms with Gasteiger partial charge in [0.2, 0.25) is 11.8 Å². The number of aromatic nitrogens is 1. The molecule has 1 aromatic rings. The van der Waals surface area contributed by atoms with E-state index in [4.69, 9.17) is 16.3 Å². The van der Waals surface area contributed by atoms with Gasteiger partial charge in [0.1, 0.15) is 6.61 Å². The normalized spacial score (nSPS) is 15.5. The van der Waals surface area contributed by atoms with Crippen molar-refractivity contribution >= 4 is 17.5 Å². The number of rotatable bonds is 9. The van der Waals surface area contributed by atoms with Gasteiger partial charge in [0, 0.05) is 37.7 Å². The highest BCUT2D eigenvalue weighted by molar-refractivity contribution is 6.18. The molecule has 1 aromatic heterocycles. The zero-order valence-corrected chi connectivity index (χ0v) is 14.8. The fourth-order valence-electron chi connectivity index (χ4n) is 2.64. The number of ether oxygens (including phenoxy) is 1. The first kappa shape index (κ1) is 18.7. The largest absolute Gasteiger partial charge is 0.473 e. The Balaban J connectivity index is 1.68. The van der Waals surface area contributed by atoms with Gasteiger partial charge in [-0.3, -0.25) is 9.69 Å². The molecule has 2 heterocycles. The van der Waals surface area contributed by atoms with Crippen molar-refractivity contribution in [2.45, 2.75) is 32.2 Å². The minimum absolute atomic E-state index is 0.0392. The number of nitrogens with one attached hydrogen (secondary N) is 1. The number of carbonyl (C=O) groups is 1. The molecule has 132 valence electrons. The lowest BCUT2D eigenvalue weighted by Gasteiger charge is -2.26. The van der Waals surface area contributed by atoms with Crippen molar-refractivity contribution in [1.82, 2.24) is 15.2 Å². The van der Waals surface area contributed by atoms with E-state index in [0.29, 0.717) is 31.3 Å². The van der Waals surface area contributed by atoms with Gasteiger partial charge in [-0.1, -0.05) is 12.5 Å². The molecule has 1 N–H and O–H groups in total. The van der Waals surface area contributed by atoms with Gasteiger partial charge in [-0.05, 0) is 43.6 Å². The maximum Gasteiger partial charge on any atom is 0.221 e. The van der Waals surface area contributed by atoms with Gasteiger partial charge in [-0.2, -0.15) is 0 Å². The predicted octanol–water partition coefficient (Wildman–Crippen LogP) is 2.75. The first-order chi connectivity index (χ1) is 11.8. The average molecular weight is 352 g/mol. The van der Waals surface area contributed by atoms with E-state index in [-0.39, 0.29) is 5.91 Å². The lowest BCUT2D eigenvalue weighted by atomic mass is 10.1. The Hall–Kier alpha value is -1.59. The van der Waals surface area contributed by atoms with Crippen molar-refractivity contribution in [3.63, 3.8) is 0 Å². The summed E-state index contributed by atoms with van der Waals surface area (Å²) in [4.78, 5) is 17.9. The molecule has 1 saturated heterocycles. The molecule has 1 fully saturated rings. The van der Waals surface area contributed by atoms with Crippen molar-refractivity contribution in [2.75, 3.05) is 32.1 Å². The summed E-state index contributed by atoms with van der Waals surface area (Å²) in [5, 5.41) is 2.75. The number of nitrogens with zero attached hydrogens (tertiary/aromatic N) is 2. The summed E-state index contributed by atoms with van der Waals surface area (Å²) in [5.74, 6) is 0.945. The van der Waals surface area contributed by atoms with Gasteiger partial charge in [-0.25, -0.2) is 4.98 Å². The van der Waals surface area contributed by atoms with E-state index < -0.39 is 0 Å². The molecule has 0 bridgehead atoms. The number of carbonyl (C=O) groups excluding carboxylic acids is 1. The molecule has 0 atom stereocenters. The second-order valence-electron chi connectivity index (χ2n) is 5.86. The van der Waals surface area contributed by atoms with Crippen LogP contribution in [-0.2, 0) is 11.3 Å². The first-order valence-corrected chi connectivity index (χ1v) is 9.09. The Morgan fingerprint density at radius 3 is 2.96 bits per heavy atom. The molecule has 24 heavy (non-hydrogen) atoms. The van der Waals surface area contributed by atoms with E-state index in [1.807, 2.05) is 24.3 Å². The molecule has 0 saturated carbocycles. The maximum atomic E-state index is 11.2. The number of alkyl halides is 1. The van der Waals surface area contributed by atoms with E-state index in [2.05, 4.69) is 15.2 Å². The second kappa shape index (κ2) is 11.0. The Bertz CT molecular complexity index is 531. The van der Waals surface area contributed by atoms with E-state index in [1.165, 1.54) is 37.9 Å². The van der Waals surface area contributed by atoms with Crippen LogP contribution < -0.4 is 10.1 Å². The topological polar surface area (TPSA) is 54.5 Å². The highest BCUT2D eigenvalue weighted by Gasteiger charge is 2.10. The molecule has 0 spiro atoms. The number of hydrogen-bond acceptors (Lipinski definition) is 4. The molecule has 0 unspecified atom stereocenters. The molecule has 0 radical (unpaired) electrons. The summed E-state index contributed by atoms with van der Waals surface area (Å²) in [6.07, 6.45) is 9.81. The van der Waals surface area contributed by atoms with Crippen LogP contribution in [0.4, 0.5) is 0 Å². The molecule has 0 aliphatic carbocycles. The standard InChI is InChI=1S/C18H26ClN3O2/c19-8-6-17(23)20-9-2-5-13-24-18-14-16(7-10-21-18)15-22-11-3-1-4-12-22/h2,5,7,10,14H,1,3-4,6,8-9,11-13,15H2,(H,20,23)/b5-2-. The van der Waals surface area contributed by atoms with Gasteiger partial charge < -0.3 is 10.1 Å². The average Bonchev–Trinajstić information content (AvgIpc) is 2.59. The summed E-state index contributed by atoms with van der Waals surface area (Å²) in [6.45, 7) is 4.24. The molecular weight excluding hydrogens is 326 g/mol. The smallest absolute Gasteiger partial charge is 0.221 e. The molecule has 0 aromatic carbocycles. The number of piperidine rings is 1. The summed E-state index contributed by atoms with van der Waals surface area (Å²) in [5.41, 5.74) is 1.24. The van der Waals surface area contributed by atoms with Crippen LogP contribution in [0.1, 0.15) is 31.2 Å². The number of amides is 1. The molecule has 1 aliphatic heterocycles. The third kappa shape index (κ3) is 7.32. The van der Waals surface area contributed by atoms with Crippen LogP contribution in [0, 0.1) is 0 Å². The lowest BCUT2D eigenvalue weighted by Crippen LogP contribution is -2.29. The highest BCUT2D eigenvalue weighted by Crippen LogP contribution is 2.15. The number of halogens is 1. The second-order valence-corrected chi connectivity index (χ2v) is 6.24. The van der Waals surface area contributed by atoms with Crippen LogP contribution in [0.15, 0.2) is 30.5 Å². The van der Waals surface area contributed by atoms with Crippen LogP contribution in [0.5, 0.6) is 5.88 Å². The van der Waals surface area contributed by atoms with E-state index in [9.17, 15) is 4.79 Å². The molecule has 1 amide bonds. The van der Waals surface area contributed by atoms with Crippen molar-refractivity contribution in [2.24, 2.45) is 0 Å². The molecule has 6 heteroatoms. The van der Waals surface area contributed by atoms with Crippen LogP contribution >= 0.6 is 11.6 Å². The third-order valence-electron chi connectivity index (χ3n) is 3.89. The summed E-state index contributed by atoms with van der Waals surface area (Å²) >= 11 is 5.49. The van der Waals surface area contributed by atoms with Gasteiger partial charge >= 0.3 is 0 Å². The molecule has 5 nitrogen and oxygen atoms in total. The van der Waals surface area contributed by atoms with Gasteiger partial charge in [-0.15, -0.1) is 11.6 Å². The summed E-state index contributed by atoms with van der Waals surface area (Å²) in [7, 11) is 0. The Morgan fingerprint density at radius 1 is 1.33 bits per heavy atom. The quantitative estimate of drug-likeness (QED) is 0.549. The van der Waals surface area contributed by atoms with Crippen molar-refractivity contribution in [1.29, 1.82) is 0 Å². The number of pyridine rings is 1. The molecule has 2 rings (SSSR count). The van der Waals surface area contributed by atoms with E-state index in [0.717, 1.165) is 6.54 Å². The van der Waals surface area contributed by atoms with Crippen LogP contribution in [0.25, 0.3) is 0 Å². The molecular formula is C18H26ClN3O2. The molecule has 1 aliphatic rings. The number of hydrogen-bond donors (Lipinski definition) is 1. The van der Waals surface area contributed by atoms with Gasteiger partial charge in [0.25, 0.3) is 0 Å². The van der Waals surface area contributed by atoms with E-state index in [1.54, 1.807) is 6.20 Å². The minimum Gasteiger partial charge on any atom is -0.473 e. The summed E-state index contributed by atoms with van der Waals surface area (Å²) in [6, 6.07) is 4.05. The summed E-state index contributed by atoms with van der Waals surface area (Å²) < 4.78 is 5.64. The van der Waals surface area contributed by atoms with Crippen molar-refractivity contribution in [3.05, 3.63) is 36.0 Å². The fourth-order valence-corrected chi connectivity index (χ4v) is 2.81. The monoisotopic (exact) mass is 351 g/mol. The SMILES string of the molecule is O=C(CCCl)NC/C=C\COc1cc(CN2CCCCC2)ccn1. The Kier molecular flexibility index (Phi) is 8.63.